The lowest BCUT2D eigenvalue weighted by Crippen LogP contribution is -2.38. The van der Waals surface area contributed by atoms with E-state index in [-0.39, 0.29) is 17.2 Å². The van der Waals surface area contributed by atoms with E-state index in [9.17, 15) is 13.2 Å². The predicted octanol–water partition coefficient (Wildman–Crippen LogP) is 2.38. The molecule has 1 N–H and O–H groups in total. The van der Waals surface area contributed by atoms with E-state index < -0.39 is 22.0 Å². The number of carbonyl (C=O) groups excluding carboxylic acids is 1. The number of hydrogen-bond donors (Lipinski definition) is 1. The number of aryl methyl sites for hydroxylation is 1. The van der Waals surface area contributed by atoms with Crippen molar-refractivity contribution in [3.05, 3.63) is 28.2 Å². The lowest BCUT2D eigenvalue weighted by molar-refractivity contribution is -0.141. The molecule has 1 saturated carbocycles. The molecule has 1 atom stereocenters. The maximum Gasteiger partial charge on any atom is 0.307 e. The Balaban J connectivity index is 2.17. The summed E-state index contributed by atoms with van der Waals surface area (Å²) in [7, 11) is -2.33. The van der Waals surface area contributed by atoms with Gasteiger partial charge in [0, 0.05) is 10.5 Å². The topological polar surface area (TPSA) is 72.5 Å². The largest absolute Gasteiger partial charge is 0.469 e. The van der Waals surface area contributed by atoms with Crippen LogP contribution in [0.1, 0.15) is 24.8 Å². The summed E-state index contributed by atoms with van der Waals surface area (Å²) >= 11 is 3.35. The van der Waals surface area contributed by atoms with Crippen LogP contribution in [0.15, 0.2) is 27.6 Å². The Bertz CT molecular complexity index is 640. The van der Waals surface area contributed by atoms with E-state index in [1.165, 1.54) is 7.11 Å². The Morgan fingerprint density at radius 3 is 2.67 bits per heavy atom. The fraction of sp³-hybridized carbons (Fsp3) is 0.500. The molecule has 0 amide bonds. The second-order valence-corrected chi connectivity index (χ2v) is 7.82. The monoisotopic (exact) mass is 375 g/mol. The van der Waals surface area contributed by atoms with Crippen LogP contribution in [0.3, 0.4) is 0 Å². The zero-order chi connectivity index (χ0) is 15.6. The molecule has 0 aromatic heterocycles. The highest BCUT2D eigenvalue weighted by Crippen LogP contribution is 2.35. The number of carbonyl (C=O) groups is 1. The van der Waals surface area contributed by atoms with Crippen molar-refractivity contribution < 1.29 is 17.9 Å². The van der Waals surface area contributed by atoms with Crippen molar-refractivity contribution in [1.29, 1.82) is 0 Å². The number of hydrogen-bond acceptors (Lipinski definition) is 4. The minimum absolute atomic E-state index is 0.0654. The van der Waals surface area contributed by atoms with Crippen LogP contribution in [-0.4, -0.2) is 27.5 Å². The van der Waals surface area contributed by atoms with E-state index in [0.29, 0.717) is 0 Å². The van der Waals surface area contributed by atoms with Crippen LogP contribution in [0.5, 0.6) is 0 Å². The van der Waals surface area contributed by atoms with Crippen LogP contribution in [0.4, 0.5) is 0 Å². The van der Waals surface area contributed by atoms with Crippen LogP contribution in [0.25, 0.3) is 0 Å². The first-order chi connectivity index (χ1) is 9.83. The molecule has 1 aromatic rings. The molecule has 21 heavy (non-hydrogen) atoms. The molecule has 1 fully saturated rings. The maximum atomic E-state index is 12.4. The summed E-state index contributed by atoms with van der Waals surface area (Å²) in [5.41, 5.74) is 0.841. The number of sulfonamides is 1. The van der Waals surface area contributed by atoms with Gasteiger partial charge in [0.1, 0.15) is 0 Å². The van der Waals surface area contributed by atoms with Crippen LogP contribution < -0.4 is 4.72 Å². The molecule has 1 aliphatic rings. The van der Waals surface area contributed by atoms with Crippen LogP contribution >= 0.6 is 15.9 Å². The summed E-state index contributed by atoms with van der Waals surface area (Å²) in [6, 6.07) is 4.46. The Morgan fingerprint density at radius 2 is 2.14 bits per heavy atom. The van der Waals surface area contributed by atoms with E-state index in [4.69, 9.17) is 0 Å². The van der Waals surface area contributed by atoms with Gasteiger partial charge in [-0.2, -0.15) is 0 Å². The van der Waals surface area contributed by atoms with Crippen molar-refractivity contribution in [2.24, 2.45) is 5.92 Å². The first-order valence-electron chi connectivity index (χ1n) is 6.69. The van der Waals surface area contributed by atoms with E-state index in [1.807, 2.05) is 6.92 Å². The molecular weight excluding hydrogens is 358 g/mol. The quantitative estimate of drug-likeness (QED) is 0.774. The lowest BCUT2D eigenvalue weighted by atomic mass is 10.1. The van der Waals surface area contributed by atoms with Gasteiger partial charge in [0.05, 0.1) is 18.4 Å². The minimum atomic E-state index is -3.64. The average Bonchev–Trinajstić information content (AvgIpc) is 3.25. The SMILES string of the molecule is COC(=O)C[C@H](NS(=O)(=O)c1ccc(Br)c(C)c1)C1CC1. The Morgan fingerprint density at radius 1 is 1.48 bits per heavy atom. The zero-order valence-corrected chi connectivity index (χ0v) is 14.3. The second kappa shape index (κ2) is 6.46. The summed E-state index contributed by atoms with van der Waals surface area (Å²) in [4.78, 5) is 11.6. The fourth-order valence-corrected chi connectivity index (χ4v) is 3.75. The zero-order valence-electron chi connectivity index (χ0n) is 11.9. The van der Waals surface area contributed by atoms with Gasteiger partial charge in [0.15, 0.2) is 0 Å². The second-order valence-electron chi connectivity index (χ2n) is 5.26. The highest BCUT2D eigenvalue weighted by atomic mass is 79.9. The summed E-state index contributed by atoms with van der Waals surface area (Å²) in [5.74, 6) is -0.183. The normalized spacial score (nSPS) is 16.5. The highest BCUT2D eigenvalue weighted by molar-refractivity contribution is 9.10. The first-order valence-corrected chi connectivity index (χ1v) is 8.96. The third-order valence-electron chi connectivity index (χ3n) is 3.55. The standard InChI is InChI=1S/C14H18BrNO4S/c1-9-7-11(5-6-12(9)15)21(18,19)16-13(10-3-4-10)8-14(17)20-2/h5-7,10,13,16H,3-4,8H2,1-2H3/t13-/m0/s1. The van der Waals surface area contributed by atoms with Crippen molar-refractivity contribution in [3.8, 4) is 0 Å². The highest BCUT2D eigenvalue weighted by Gasteiger charge is 2.36. The molecule has 1 aliphatic carbocycles. The minimum Gasteiger partial charge on any atom is -0.469 e. The number of methoxy groups -OCH3 is 1. The van der Waals surface area contributed by atoms with Crippen molar-refractivity contribution in [2.45, 2.75) is 37.1 Å². The molecule has 1 aromatic carbocycles. The smallest absolute Gasteiger partial charge is 0.307 e. The number of benzene rings is 1. The molecule has 5 nitrogen and oxygen atoms in total. The number of esters is 1. The molecule has 116 valence electrons. The lowest BCUT2D eigenvalue weighted by Gasteiger charge is -2.17. The molecular formula is C14H18BrNO4S. The Hall–Kier alpha value is -0.920. The van der Waals surface area contributed by atoms with E-state index in [2.05, 4.69) is 25.4 Å². The van der Waals surface area contributed by atoms with Gasteiger partial charge in [-0.05, 0) is 49.4 Å². The molecule has 0 saturated heterocycles. The van der Waals surface area contributed by atoms with E-state index in [1.54, 1.807) is 18.2 Å². The molecule has 7 heteroatoms. The van der Waals surface area contributed by atoms with Crippen LogP contribution in [0, 0.1) is 12.8 Å². The van der Waals surface area contributed by atoms with Crippen molar-refractivity contribution in [1.82, 2.24) is 4.72 Å². The molecule has 0 radical (unpaired) electrons. The number of rotatable bonds is 6. The molecule has 0 aliphatic heterocycles. The summed E-state index contributed by atoms with van der Waals surface area (Å²) in [6.45, 7) is 1.83. The van der Waals surface area contributed by atoms with E-state index >= 15 is 0 Å². The third kappa shape index (κ3) is 4.28. The summed E-state index contributed by atoms with van der Waals surface area (Å²) in [5, 5.41) is 0. The van der Waals surface area contributed by atoms with Crippen LogP contribution in [-0.2, 0) is 19.6 Å². The first kappa shape index (κ1) is 16.5. The fourth-order valence-electron chi connectivity index (χ4n) is 2.12. The number of ether oxygens (including phenoxy) is 1. The molecule has 2 rings (SSSR count). The van der Waals surface area contributed by atoms with Crippen molar-refractivity contribution >= 4 is 31.9 Å². The van der Waals surface area contributed by atoms with Gasteiger partial charge in [0.25, 0.3) is 0 Å². The van der Waals surface area contributed by atoms with Gasteiger partial charge < -0.3 is 4.74 Å². The average molecular weight is 376 g/mol. The number of halogens is 1. The molecule has 0 spiro atoms. The molecule has 0 unspecified atom stereocenters. The van der Waals surface area contributed by atoms with Gasteiger partial charge in [-0.1, -0.05) is 15.9 Å². The van der Waals surface area contributed by atoms with Gasteiger partial charge >= 0.3 is 5.97 Å². The Kier molecular flexibility index (Phi) is 5.06. The van der Waals surface area contributed by atoms with Gasteiger partial charge in [-0.3, -0.25) is 4.79 Å². The van der Waals surface area contributed by atoms with Gasteiger partial charge in [-0.15, -0.1) is 0 Å². The third-order valence-corrected chi connectivity index (χ3v) is 5.93. The molecule has 0 bridgehead atoms. The van der Waals surface area contributed by atoms with Crippen molar-refractivity contribution in [3.63, 3.8) is 0 Å². The predicted molar refractivity (Wildman–Crippen MR) is 82.3 cm³/mol. The van der Waals surface area contributed by atoms with Crippen LogP contribution in [0.2, 0.25) is 0 Å². The number of nitrogens with one attached hydrogen (secondary N) is 1. The van der Waals surface area contributed by atoms with Crippen molar-refractivity contribution in [2.75, 3.05) is 7.11 Å². The maximum absolute atomic E-state index is 12.4. The van der Waals surface area contributed by atoms with E-state index in [0.717, 1.165) is 22.9 Å². The summed E-state index contributed by atoms with van der Waals surface area (Å²) in [6.07, 6.45) is 1.93. The Labute approximate surface area is 133 Å². The van der Waals surface area contributed by atoms with Gasteiger partial charge in [-0.25, -0.2) is 13.1 Å². The summed E-state index contributed by atoms with van der Waals surface area (Å²) < 4.78 is 33.0. The van der Waals surface area contributed by atoms with Gasteiger partial charge in [0.2, 0.25) is 10.0 Å². The molecule has 0 heterocycles.